The summed E-state index contributed by atoms with van der Waals surface area (Å²) in [4.78, 5) is 25.1. The van der Waals surface area contributed by atoms with Gasteiger partial charge in [0.2, 0.25) is 15.9 Å². The average molecular weight is 643 g/mol. The number of rotatable bonds is 11. The minimum absolute atomic E-state index is 0.0124. The smallest absolute Gasteiger partial charge is 0.444 e. The quantitative estimate of drug-likeness (QED) is 0.305. The van der Waals surface area contributed by atoms with Crippen molar-refractivity contribution in [2.45, 2.75) is 88.9 Å². The van der Waals surface area contributed by atoms with E-state index in [1.807, 2.05) is 24.3 Å². The van der Waals surface area contributed by atoms with Gasteiger partial charge in [-0.05, 0) is 74.9 Å². The lowest BCUT2D eigenvalue weighted by molar-refractivity contribution is -0.274. The Bertz CT molecular complexity index is 1360. The van der Waals surface area contributed by atoms with E-state index in [1.165, 1.54) is 0 Å². The molecular weight excluding hydrogens is 601 g/mol. The number of sulfonamides is 1. The van der Waals surface area contributed by atoms with Crippen molar-refractivity contribution in [2.75, 3.05) is 19.6 Å². The number of alkyl carbamates (subject to hydrolysis) is 1. The van der Waals surface area contributed by atoms with Gasteiger partial charge >= 0.3 is 12.5 Å². The minimum atomic E-state index is -4.92. The van der Waals surface area contributed by atoms with Gasteiger partial charge in [0.1, 0.15) is 17.4 Å². The van der Waals surface area contributed by atoms with Gasteiger partial charge in [0.25, 0.3) is 0 Å². The molecule has 244 valence electrons. The summed E-state index contributed by atoms with van der Waals surface area (Å²) in [6, 6.07) is 10.3. The molecule has 1 saturated heterocycles. The van der Waals surface area contributed by atoms with Crippen molar-refractivity contribution in [3.63, 3.8) is 0 Å². The van der Waals surface area contributed by atoms with E-state index in [2.05, 4.69) is 34.5 Å². The van der Waals surface area contributed by atoms with Gasteiger partial charge in [-0.2, -0.15) is 4.31 Å². The third-order valence-electron chi connectivity index (χ3n) is 6.86. The Balaban J connectivity index is 1.72. The van der Waals surface area contributed by atoms with E-state index in [-0.39, 0.29) is 37.0 Å². The summed E-state index contributed by atoms with van der Waals surface area (Å²) in [6.45, 7) is 10.2. The van der Waals surface area contributed by atoms with Crippen LogP contribution in [0.2, 0.25) is 0 Å². The first-order chi connectivity index (χ1) is 20.4. The monoisotopic (exact) mass is 642 g/mol. The van der Waals surface area contributed by atoms with Crippen molar-refractivity contribution in [3.05, 3.63) is 59.7 Å². The first-order valence-electron chi connectivity index (χ1n) is 14.4. The molecule has 3 N–H and O–H groups in total. The number of carbonyl (C=O) groups excluding carboxylic acids is 2. The van der Waals surface area contributed by atoms with Gasteiger partial charge in [0.15, 0.2) is 0 Å². The predicted molar refractivity (Wildman–Crippen MR) is 158 cm³/mol. The molecule has 2 atom stereocenters. The zero-order valence-electron chi connectivity index (χ0n) is 25.5. The predicted octanol–water partition coefficient (Wildman–Crippen LogP) is 4.66. The number of amides is 2. The number of hydrogen-bond acceptors (Lipinski definition) is 7. The Hall–Kier alpha value is -3.36. The van der Waals surface area contributed by atoms with Crippen LogP contribution in [-0.4, -0.2) is 68.4 Å². The summed E-state index contributed by atoms with van der Waals surface area (Å²) in [5.74, 6) is -0.716. The van der Waals surface area contributed by atoms with Crippen LogP contribution in [0.15, 0.2) is 53.4 Å². The Labute approximate surface area is 256 Å². The number of alkyl halides is 3. The number of carbonyl (C=O) groups is 2. The summed E-state index contributed by atoms with van der Waals surface area (Å²) in [7, 11) is -4.26. The van der Waals surface area contributed by atoms with Crippen LogP contribution < -0.4 is 20.7 Å². The summed E-state index contributed by atoms with van der Waals surface area (Å²) >= 11 is 0. The maximum absolute atomic E-state index is 13.6. The third-order valence-corrected chi connectivity index (χ3v) is 8.78. The van der Waals surface area contributed by atoms with E-state index >= 15 is 0 Å². The molecule has 2 amide bonds. The Morgan fingerprint density at radius 2 is 1.61 bits per heavy atom. The third kappa shape index (κ3) is 10.7. The van der Waals surface area contributed by atoms with E-state index in [4.69, 9.17) is 4.74 Å². The molecule has 1 aliphatic rings. The van der Waals surface area contributed by atoms with Gasteiger partial charge in [-0.15, -0.1) is 13.2 Å². The molecule has 10 nitrogen and oxygen atoms in total. The molecule has 2 aromatic rings. The van der Waals surface area contributed by atoms with Gasteiger partial charge in [-0.25, -0.2) is 13.2 Å². The summed E-state index contributed by atoms with van der Waals surface area (Å²) < 4.78 is 75.2. The van der Waals surface area contributed by atoms with E-state index in [0.29, 0.717) is 18.9 Å². The maximum atomic E-state index is 13.6. The largest absolute Gasteiger partial charge is 0.573 e. The van der Waals surface area contributed by atoms with Crippen molar-refractivity contribution in [1.82, 2.24) is 20.3 Å². The zero-order valence-corrected chi connectivity index (χ0v) is 26.3. The second kappa shape index (κ2) is 14.6. The summed E-state index contributed by atoms with van der Waals surface area (Å²) in [6.07, 6.45) is -4.98. The highest BCUT2D eigenvalue weighted by Gasteiger charge is 2.41. The number of halogens is 3. The molecule has 2 aromatic carbocycles. The standard InChI is InChI=1S/C30H41F3N4O6S/c1-20(2)22-8-6-21(7-9-22)19-36-27(38)26-18-23(34-15-16-35-28(39)43-29(3,4)5)14-17-37(26)44(40,41)25-12-10-24(11-13-25)42-30(31,32)33/h6-13,20,23,26,34H,14-19H2,1-5H3,(H,35,39)(H,36,38)/t23-,26-/m1/s1. The number of benzene rings is 2. The van der Waals surface area contributed by atoms with Crippen LogP contribution in [0.25, 0.3) is 0 Å². The van der Waals surface area contributed by atoms with Crippen LogP contribution in [-0.2, 0) is 26.1 Å². The molecule has 0 bridgehead atoms. The lowest BCUT2D eigenvalue weighted by atomic mass is 9.98. The van der Waals surface area contributed by atoms with Crippen LogP contribution in [0.5, 0.6) is 5.75 Å². The van der Waals surface area contributed by atoms with Gasteiger partial charge < -0.3 is 25.4 Å². The van der Waals surface area contributed by atoms with Gasteiger partial charge in [0, 0.05) is 32.2 Å². The van der Waals surface area contributed by atoms with Crippen LogP contribution in [0.4, 0.5) is 18.0 Å². The molecule has 0 aliphatic carbocycles. The van der Waals surface area contributed by atoms with Crippen molar-refractivity contribution in [1.29, 1.82) is 0 Å². The fourth-order valence-electron chi connectivity index (χ4n) is 4.69. The molecule has 0 radical (unpaired) electrons. The zero-order chi connectivity index (χ0) is 32.7. The Kier molecular flexibility index (Phi) is 11.7. The molecule has 1 aliphatic heterocycles. The molecule has 0 spiro atoms. The molecule has 3 rings (SSSR count). The van der Waals surface area contributed by atoms with Crippen LogP contribution in [0, 0.1) is 0 Å². The summed E-state index contributed by atoms with van der Waals surface area (Å²) in [5.41, 5.74) is 1.35. The lowest BCUT2D eigenvalue weighted by Crippen LogP contribution is -2.57. The SMILES string of the molecule is CC(C)c1ccc(CNC(=O)[C@H]2C[C@H](NCCNC(=O)OC(C)(C)C)CCN2S(=O)(=O)c2ccc(OC(F)(F)F)cc2)cc1. The second-order valence-electron chi connectivity index (χ2n) is 11.9. The molecule has 14 heteroatoms. The van der Waals surface area contributed by atoms with Crippen molar-refractivity contribution in [3.8, 4) is 5.75 Å². The normalized spacial score (nSPS) is 18.1. The van der Waals surface area contributed by atoms with Gasteiger partial charge in [-0.3, -0.25) is 4.79 Å². The molecule has 44 heavy (non-hydrogen) atoms. The molecule has 0 unspecified atom stereocenters. The lowest BCUT2D eigenvalue weighted by Gasteiger charge is -2.38. The highest BCUT2D eigenvalue weighted by molar-refractivity contribution is 7.89. The maximum Gasteiger partial charge on any atom is 0.573 e. The van der Waals surface area contributed by atoms with Gasteiger partial charge in [0.05, 0.1) is 4.90 Å². The van der Waals surface area contributed by atoms with Crippen LogP contribution >= 0.6 is 0 Å². The Morgan fingerprint density at radius 3 is 2.18 bits per heavy atom. The number of nitrogens with zero attached hydrogens (tertiary/aromatic N) is 1. The molecule has 0 aromatic heterocycles. The van der Waals surface area contributed by atoms with Gasteiger partial charge in [-0.1, -0.05) is 38.1 Å². The molecular formula is C30H41F3N4O6S. The fourth-order valence-corrected chi connectivity index (χ4v) is 6.30. The molecule has 0 saturated carbocycles. The fraction of sp³-hybridized carbons (Fsp3) is 0.533. The van der Waals surface area contributed by atoms with Crippen molar-refractivity contribution in [2.24, 2.45) is 0 Å². The topological polar surface area (TPSA) is 126 Å². The minimum Gasteiger partial charge on any atom is -0.444 e. The van der Waals surface area contributed by atoms with Crippen LogP contribution in [0.1, 0.15) is 64.5 Å². The average Bonchev–Trinajstić information content (AvgIpc) is 2.92. The highest BCUT2D eigenvalue weighted by atomic mass is 32.2. The van der Waals surface area contributed by atoms with E-state index < -0.39 is 45.8 Å². The van der Waals surface area contributed by atoms with E-state index in [0.717, 1.165) is 39.7 Å². The van der Waals surface area contributed by atoms with E-state index in [9.17, 15) is 31.2 Å². The first-order valence-corrected chi connectivity index (χ1v) is 15.8. The number of hydrogen-bond donors (Lipinski definition) is 3. The molecule has 1 heterocycles. The van der Waals surface area contributed by atoms with Crippen molar-refractivity contribution < 1.29 is 40.7 Å². The van der Waals surface area contributed by atoms with E-state index in [1.54, 1.807) is 20.8 Å². The van der Waals surface area contributed by atoms with Crippen LogP contribution in [0.3, 0.4) is 0 Å². The number of piperidine rings is 1. The van der Waals surface area contributed by atoms with Crippen molar-refractivity contribution >= 4 is 22.0 Å². The second-order valence-corrected chi connectivity index (χ2v) is 13.8. The molecule has 1 fully saturated rings. The first kappa shape index (κ1) is 35.1. The Morgan fingerprint density at radius 1 is 0.977 bits per heavy atom. The number of nitrogens with one attached hydrogen (secondary N) is 3. The summed E-state index contributed by atoms with van der Waals surface area (Å²) in [5, 5.41) is 8.75. The highest BCUT2D eigenvalue weighted by Crippen LogP contribution is 2.29. The number of ether oxygens (including phenoxy) is 2.